The van der Waals surface area contributed by atoms with Crippen LogP contribution in [0.2, 0.25) is 0 Å². The Morgan fingerprint density at radius 3 is 2.53 bits per heavy atom. The zero-order valence-electron chi connectivity index (χ0n) is 11.0. The van der Waals surface area contributed by atoms with Crippen molar-refractivity contribution in [1.29, 1.82) is 0 Å². The summed E-state index contributed by atoms with van der Waals surface area (Å²) < 4.78 is 1.75. The van der Waals surface area contributed by atoms with Gasteiger partial charge in [0.1, 0.15) is 0 Å². The molecule has 0 saturated heterocycles. The van der Waals surface area contributed by atoms with Crippen LogP contribution in [0.25, 0.3) is 6.20 Å². The average molecular weight is 232 g/mol. The Kier molecular flexibility index (Phi) is 4.44. The van der Waals surface area contributed by atoms with Gasteiger partial charge in [-0.3, -0.25) is 4.79 Å². The Labute approximate surface area is 103 Å². The van der Waals surface area contributed by atoms with E-state index in [0.29, 0.717) is 0 Å². The van der Waals surface area contributed by atoms with Crippen molar-refractivity contribution in [1.82, 2.24) is 9.78 Å². The molecule has 0 aliphatic carbocycles. The highest BCUT2D eigenvalue weighted by Crippen LogP contribution is 2.22. The molecule has 3 nitrogen and oxygen atoms in total. The third kappa shape index (κ3) is 2.93. The van der Waals surface area contributed by atoms with E-state index in [1.807, 2.05) is 26.1 Å². The maximum Gasteiger partial charge on any atom is 0.168 e. The summed E-state index contributed by atoms with van der Waals surface area (Å²) in [5.74, 6) is 0.394. The summed E-state index contributed by atoms with van der Waals surface area (Å²) in [6, 6.07) is 0. The van der Waals surface area contributed by atoms with Crippen molar-refractivity contribution in [2.45, 2.75) is 33.6 Å². The monoisotopic (exact) mass is 232 g/mol. The molecule has 0 aromatic carbocycles. The summed E-state index contributed by atoms with van der Waals surface area (Å²) in [5, 5.41) is 4.24. The minimum Gasteiger partial charge on any atom is -0.294 e. The fourth-order valence-electron chi connectivity index (χ4n) is 1.71. The van der Waals surface area contributed by atoms with Crippen LogP contribution >= 0.6 is 0 Å². The van der Waals surface area contributed by atoms with Crippen LogP contribution in [0.15, 0.2) is 24.9 Å². The third-order valence-electron chi connectivity index (χ3n) is 2.53. The van der Waals surface area contributed by atoms with Gasteiger partial charge in [-0.05, 0) is 12.0 Å². The first kappa shape index (κ1) is 13.4. The van der Waals surface area contributed by atoms with Gasteiger partial charge in [0.2, 0.25) is 0 Å². The van der Waals surface area contributed by atoms with E-state index in [1.165, 1.54) is 0 Å². The molecule has 0 fully saturated rings. The van der Waals surface area contributed by atoms with Crippen LogP contribution in [0.3, 0.4) is 0 Å². The Bertz CT molecular complexity index is 439. The topological polar surface area (TPSA) is 34.9 Å². The molecule has 0 radical (unpaired) electrons. The highest BCUT2D eigenvalue weighted by atomic mass is 16.1. The molecule has 0 aliphatic rings. The maximum absolute atomic E-state index is 12.1. The van der Waals surface area contributed by atoms with Crippen molar-refractivity contribution in [3.63, 3.8) is 0 Å². The van der Waals surface area contributed by atoms with Gasteiger partial charge in [0, 0.05) is 12.1 Å². The van der Waals surface area contributed by atoms with Crippen LogP contribution in [0, 0.1) is 5.92 Å². The number of ketones is 1. The zero-order valence-corrected chi connectivity index (χ0v) is 11.0. The minimum absolute atomic E-state index is 0.00599. The number of aromatic nitrogens is 2. The van der Waals surface area contributed by atoms with E-state index < -0.39 is 0 Å². The second kappa shape index (κ2) is 5.62. The average Bonchev–Trinajstić information content (AvgIpc) is 2.68. The molecular weight excluding hydrogens is 212 g/mol. The molecule has 0 spiro atoms. The second-order valence-corrected chi connectivity index (χ2v) is 4.64. The molecule has 1 rings (SSSR count). The number of Topliss-reactive ketones (excluding diaryl/α,β-unsaturated/α-hetero) is 1. The normalized spacial score (nSPS) is 11.6. The lowest BCUT2D eigenvalue weighted by atomic mass is 9.97. The highest BCUT2D eigenvalue weighted by Gasteiger charge is 2.20. The Balaban J connectivity index is 3.24. The standard InChI is InChI=1S/C14H20N2O/c1-6-7-8-16-13(10(2)3)12(9-15-16)14(17)11(4)5/h6-11H,1H2,2-5H3/b8-7-. The number of rotatable bonds is 5. The summed E-state index contributed by atoms with van der Waals surface area (Å²) in [6.45, 7) is 11.6. The van der Waals surface area contributed by atoms with Crippen LogP contribution in [0.1, 0.15) is 49.7 Å². The van der Waals surface area contributed by atoms with Gasteiger partial charge < -0.3 is 0 Å². The smallest absolute Gasteiger partial charge is 0.168 e. The van der Waals surface area contributed by atoms with Crippen molar-refractivity contribution in [2.24, 2.45) is 5.92 Å². The molecule has 1 aromatic rings. The fourth-order valence-corrected chi connectivity index (χ4v) is 1.71. The molecule has 0 atom stereocenters. The summed E-state index contributed by atoms with van der Waals surface area (Å²) >= 11 is 0. The van der Waals surface area contributed by atoms with Gasteiger partial charge in [0.15, 0.2) is 5.78 Å². The molecule has 0 saturated carbocycles. The lowest BCUT2D eigenvalue weighted by Crippen LogP contribution is -2.11. The van der Waals surface area contributed by atoms with E-state index >= 15 is 0 Å². The van der Waals surface area contributed by atoms with Crippen molar-refractivity contribution < 1.29 is 4.79 Å². The first-order valence-electron chi connectivity index (χ1n) is 5.89. The van der Waals surface area contributed by atoms with Crippen molar-refractivity contribution >= 4 is 12.0 Å². The number of carbonyl (C=O) groups is 1. The van der Waals surface area contributed by atoms with E-state index in [1.54, 1.807) is 17.0 Å². The summed E-state index contributed by atoms with van der Waals surface area (Å²) in [6.07, 6.45) is 6.97. The van der Waals surface area contributed by atoms with E-state index in [2.05, 4.69) is 25.5 Å². The van der Waals surface area contributed by atoms with Crippen LogP contribution < -0.4 is 0 Å². The lowest BCUT2D eigenvalue weighted by Gasteiger charge is -2.10. The molecule has 0 aliphatic heterocycles. The van der Waals surface area contributed by atoms with Crippen molar-refractivity contribution in [2.75, 3.05) is 0 Å². The number of carbonyl (C=O) groups excluding carboxylic acids is 1. The molecule has 0 bridgehead atoms. The molecule has 1 heterocycles. The maximum atomic E-state index is 12.1. The van der Waals surface area contributed by atoms with Gasteiger partial charge in [0.25, 0.3) is 0 Å². The minimum atomic E-state index is -0.00599. The molecule has 0 N–H and O–H groups in total. The molecule has 3 heteroatoms. The fraction of sp³-hybridized carbons (Fsp3) is 0.429. The number of hydrogen-bond acceptors (Lipinski definition) is 2. The number of allylic oxidation sites excluding steroid dienone is 2. The van der Waals surface area contributed by atoms with E-state index in [0.717, 1.165) is 11.3 Å². The highest BCUT2D eigenvalue weighted by molar-refractivity contribution is 5.98. The summed E-state index contributed by atoms with van der Waals surface area (Å²) in [7, 11) is 0. The SMILES string of the molecule is C=C/C=C\n1ncc(C(=O)C(C)C)c1C(C)C. The van der Waals surface area contributed by atoms with Crippen LogP contribution in [0.5, 0.6) is 0 Å². The van der Waals surface area contributed by atoms with Crippen LogP contribution in [0.4, 0.5) is 0 Å². The Hall–Kier alpha value is -1.64. The quantitative estimate of drug-likeness (QED) is 0.575. The molecule has 92 valence electrons. The molecular formula is C14H20N2O. The second-order valence-electron chi connectivity index (χ2n) is 4.64. The third-order valence-corrected chi connectivity index (χ3v) is 2.53. The predicted molar refractivity (Wildman–Crippen MR) is 71.0 cm³/mol. The van der Waals surface area contributed by atoms with E-state index in [-0.39, 0.29) is 17.6 Å². The van der Waals surface area contributed by atoms with Gasteiger partial charge in [0.05, 0.1) is 17.5 Å². The van der Waals surface area contributed by atoms with Gasteiger partial charge in [-0.1, -0.05) is 40.3 Å². The van der Waals surface area contributed by atoms with Gasteiger partial charge in [-0.2, -0.15) is 5.10 Å². The molecule has 0 unspecified atom stereocenters. The van der Waals surface area contributed by atoms with E-state index in [4.69, 9.17) is 0 Å². The first-order chi connectivity index (χ1) is 7.99. The Morgan fingerprint density at radius 2 is 2.06 bits per heavy atom. The van der Waals surface area contributed by atoms with Gasteiger partial charge in [-0.15, -0.1) is 0 Å². The Morgan fingerprint density at radius 1 is 1.41 bits per heavy atom. The van der Waals surface area contributed by atoms with E-state index in [9.17, 15) is 4.79 Å². The largest absolute Gasteiger partial charge is 0.294 e. The van der Waals surface area contributed by atoms with Gasteiger partial charge in [-0.25, -0.2) is 4.68 Å². The summed E-state index contributed by atoms with van der Waals surface area (Å²) in [4.78, 5) is 12.1. The van der Waals surface area contributed by atoms with Crippen molar-refractivity contribution in [3.05, 3.63) is 36.2 Å². The zero-order chi connectivity index (χ0) is 13.0. The molecule has 1 aromatic heterocycles. The van der Waals surface area contributed by atoms with Crippen LogP contribution in [-0.2, 0) is 0 Å². The predicted octanol–water partition coefficient (Wildman–Crippen LogP) is 3.50. The molecule has 0 amide bonds. The number of nitrogens with zero attached hydrogens (tertiary/aromatic N) is 2. The lowest BCUT2D eigenvalue weighted by molar-refractivity contribution is 0.0938. The first-order valence-corrected chi connectivity index (χ1v) is 5.89. The number of hydrogen-bond donors (Lipinski definition) is 0. The summed E-state index contributed by atoms with van der Waals surface area (Å²) in [5.41, 5.74) is 1.69. The van der Waals surface area contributed by atoms with Gasteiger partial charge >= 0.3 is 0 Å². The van der Waals surface area contributed by atoms with Crippen molar-refractivity contribution in [3.8, 4) is 0 Å². The molecule has 17 heavy (non-hydrogen) atoms. The van der Waals surface area contributed by atoms with Crippen LogP contribution in [-0.4, -0.2) is 15.6 Å².